The number of carbonyl (C=O) groups is 2. The Morgan fingerprint density at radius 2 is 1.62 bits per heavy atom. The molecular formula is C30H36ClN3O4S. The minimum Gasteiger partial charge on any atom is -0.354 e. The SMILES string of the molecule is CCCNC(=O)C(C)N(Cc1ccccc1C)C(=O)CN(c1cc(Cl)ccc1C)S(=O)(=O)c1ccc(C)cc1. The number of benzene rings is 3. The summed E-state index contributed by atoms with van der Waals surface area (Å²) in [5.74, 6) is -0.807. The molecule has 0 aliphatic carbocycles. The fraction of sp³-hybridized carbons (Fsp3) is 0.333. The zero-order chi connectivity index (χ0) is 28.7. The van der Waals surface area contributed by atoms with Crippen LogP contribution in [0.25, 0.3) is 0 Å². The first kappa shape index (κ1) is 30.2. The maximum Gasteiger partial charge on any atom is 0.264 e. The van der Waals surface area contributed by atoms with Crippen LogP contribution in [0.2, 0.25) is 5.02 Å². The first-order chi connectivity index (χ1) is 18.4. The lowest BCUT2D eigenvalue weighted by atomic mass is 10.1. The van der Waals surface area contributed by atoms with Gasteiger partial charge in [-0.1, -0.05) is 66.6 Å². The molecule has 0 aliphatic rings. The summed E-state index contributed by atoms with van der Waals surface area (Å²) in [7, 11) is -4.15. The van der Waals surface area contributed by atoms with Crippen molar-refractivity contribution in [3.05, 3.63) is 94.0 Å². The summed E-state index contributed by atoms with van der Waals surface area (Å²) in [6, 6.07) is 18.2. The highest BCUT2D eigenvalue weighted by atomic mass is 35.5. The molecule has 0 aromatic heterocycles. The molecule has 1 atom stereocenters. The van der Waals surface area contributed by atoms with E-state index in [1.807, 2.05) is 45.0 Å². The molecule has 7 nitrogen and oxygen atoms in total. The predicted octanol–water partition coefficient (Wildman–Crippen LogP) is 5.40. The van der Waals surface area contributed by atoms with Crippen molar-refractivity contribution < 1.29 is 18.0 Å². The van der Waals surface area contributed by atoms with Crippen LogP contribution in [0.4, 0.5) is 5.69 Å². The Kier molecular flexibility index (Phi) is 10.2. The van der Waals surface area contributed by atoms with Crippen LogP contribution >= 0.6 is 11.6 Å². The molecule has 1 N–H and O–H groups in total. The van der Waals surface area contributed by atoms with E-state index in [9.17, 15) is 18.0 Å². The third kappa shape index (κ3) is 7.40. The zero-order valence-electron chi connectivity index (χ0n) is 23.1. The molecule has 0 saturated heterocycles. The maximum absolute atomic E-state index is 14.0. The molecular weight excluding hydrogens is 534 g/mol. The predicted molar refractivity (Wildman–Crippen MR) is 156 cm³/mol. The summed E-state index contributed by atoms with van der Waals surface area (Å²) < 4.78 is 29.0. The van der Waals surface area contributed by atoms with Gasteiger partial charge in [-0.25, -0.2) is 8.42 Å². The van der Waals surface area contributed by atoms with Gasteiger partial charge in [-0.2, -0.15) is 0 Å². The molecule has 0 fully saturated rings. The Hall–Kier alpha value is -3.36. The van der Waals surface area contributed by atoms with Gasteiger partial charge in [-0.3, -0.25) is 13.9 Å². The summed E-state index contributed by atoms with van der Waals surface area (Å²) >= 11 is 6.27. The molecule has 208 valence electrons. The Morgan fingerprint density at radius 1 is 0.949 bits per heavy atom. The quantitative estimate of drug-likeness (QED) is 0.335. The van der Waals surface area contributed by atoms with Gasteiger partial charge in [0.15, 0.2) is 0 Å². The van der Waals surface area contributed by atoms with Gasteiger partial charge in [0.05, 0.1) is 10.6 Å². The number of halogens is 1. The van der Waals surface area contributed by atoms with Crippen molar-refractivity contribution in [2.24, 2.45) is 0 Å². The highest BCUT2D eigenvalue weighted by molar-refractivity contribution is 7.92. The lowest BCUT2D eigenvalue weighted by molar-refractivity contribution is -0.139. The third-order valence-corrected chi connectivity index (χ3v) is 8.66. The fourth-order valence-electron chi connectivity index (χ4n) is 4.15. The Bertz CT molecular complexity index is 1420. The smallest absolute Gasteiger partial charge is 0.264 e. The van der Waals surface area contributed by atoms with Crippen molar-refractivity contribution in [1.82, 2.24) is 10.2 Å². The molecule has 0 spiro atoms. The zero-order valence-corrected chi connectivity index (χ0v) is 24.6. The summed E-state index contributed by atoms with van der Waals surface area (Å²) in [5.41, 5.74) is 3.68. The molecule has 0 radical (unpaired) electrons. The van der Waals surface area contributed by atoms with Crippen LogP contribution in [0.5, 0.6) is 0 Å². The van der Waals surface area contributed by atoms with Gasteiger partial charge >= 0.3 is 0 Å². The van der Waals surface area contributed by atoms with Crippen molar-refractivity contribution in [3.63, 3.8) is 0 Å². The summed E-state index contributed by atoms with van der Waals surface area (Å²) in [6.07, 6.45) is 0.751. The summed E-state index contributed by atoms with van der Waals surface area (Å²) in [6.45, 7) is 9.29. The monoisotopic (exact) mass is 569 g/mol. The normalized spacial score (nSPS) is 12.1. The highest BCUT2D eigenvalue weighted by Crippen LogP contribution is 2.30. The van der Waals surface area contributed by atoms with E-state index < -0.39 is 28.5 Å². The molecule has 3 rings (SSSR count). The lowest BCUT2D eigenvalue weighted by Gasteiger charge is -2.32. The van der Waals surface area contributed by atoms with Gasteiger partial charge in [-0.15, -0.1) is 0 Å². The number of nitrogens with zero attached hydrogens (tertiary/aromatic N) is 2. The van der Waals surface area contributed by atoms with Crippen LogP contribution in [-0.4, -0.2) is 44.3 Å². The number of hydrogen-bond acceptors (Lipinski definition) is 4. The minimum atomic E-state index is -4.15. The molecule has 2 amide bonds. The van der Waals surface area contributed by atoms with E-state index in [-0.39, 0.29) is 17.3 Å². The average Bonchev–Trinajstić information content (AvgIpc) is 2.91. The van der Waals surface area contributed by atoms with Crippen LogP contribution in [-0.2, 0) is 26.2 Å². The van der Waals surface area contributed by atoms with Crippen molar-refractivity contribution in [2.75, 3.05) is 17.4 Å². The van der Waals surface area contributed by atoms with Gasteiger partial charge in [0.1, 0.15) is 12.6 Å². The molecule has 9 heteroatoms. The molecule has 0 heterocycles. The molecule has 1 unspecified atom stereocenters. The fourth-order valence-corrected chi connectivity index (χ4v) is 5.79. The average molecular weight is 570 g/mol. The topological polar surface area (TPSA) is 86.8 Å². The van der Waals surface area contributed by atoms with Gasteiger partial charge in [0, 0.05) is 18.1 Å². The molecule has 0 bridgehead atoms. The number of sulfonamides is 1. The van der Waals surface area contributed by atoms with Crippen molar-refractivity contribution in [1.29, 1.82) is 0 Å². The van der Waals surface area contributed by atoms with Gasteiger partial charge in [0.2, 0.25) is 11.8 Å². The molecule has 0 saturated carbocycles. The van der Waals surface area contributed by atoms with E-state index in [1.54, 1.807) is 44.2 Å². The highest BCUT2D eigenvalue weighted by Gasteiger charge is 2.33. The molecule has 3 aromatic rings. The van der Waals surface area contributed by atoms with Gasteiger partial charge in [-0.05, 0) is 75.1 Å². The first-order valence-corrected chi connectivity index (χ1v) is 14.7. The van der Waals surface area contributed by atoms with E-state index in [2.05, 4.69) is 5.32 Å². The number of amides is 2. The van der Waals surface area contributed by atoms with Crippen molar-refractivity contribution in [3.8, 4) is 0 Å². The summed E-state index contributed by atoms with van der Waals surface area (Å²) in [5, 5.41) is 3.19. The van der Waals surface area contributed by atoms with E-state index >= 15 is 0 Å². The van der Waals surface area contributed by atoms with Gasteiger partial charge in [0.25, 0.3) is 10.0 Å². The van der Waals surface area contributed by atoms with Crippen molar-refractivity contribution >= 4 is 39.1 Å². The standard InChI is InChI=1S/C30H36ClN3O4S/c1-6-17-32-30(36)24(5)33(19-25-10-8-7-9-22(25)3)29(35)20-34(28-18-26(31)14-13-23(28)4)39(37,38)27-15-11-21(2)12-16-27/h7-16,18,24H,6,17,19-20H2,1-5H3,(H,32,36). The van der Waals surface area contributed by atoms with E-state index in [1.165, 1.54) is 17.0 Å². The molecule has 39 heavy (non-hydrogen) atoms. The number of carbonyl (C=O) groups excluding carboxylic acids is 2. The number of nitrogens with one attached hydrogen (secondary N) is 1. The van der Waals surface area contributed by atoms with Crippen molar-refractivity contribution in [2.45, 2.75) is 58.5 Å². The van der Waals surface area contributed by atoms with Crippen LogP contribution in [0.15, 0.2) is 71.6 Å². The number of hydrogen-bond donors (Lipinski definition) is 1. The summed E-state index contributed by atoms with van der Waals surface area (Å²) in [4.78, 5) is 28.5. The third-order valence-electron chi connectivity index (χ3n) is 6.65. The van der Waals surface area contributed by atoms with Crippen LogP contribution < -0.4 is 9.62 Å². The molecule has 3 aromatic carbocycles. The number of aryl methyl sites for hydroxylation is 3. The van der Waals surface area contributed by atoms with Crippen LogP contribution in [0.3, 0.4) is 0 Å². The van der Waals surface area contributed by atoms with Gasteiger partial charge < -0.3 is 10.2 Å². The Balaban J connectivity index is 2.07. The van der Waals surface area contributed by atoms with E-state index in [0.717, 1.165) is 27.4 Å². The number of rotatable bonds is 11. The van der Waals surface area contributed by atoms with E-state index in [0.29, 0.717) is 22.8 Å². The maximum atomic E-state index is 14.0. The largest absolute Gasteiger partial charge is 0.354 e. The Morgan fingerprint density at radius 3 is 2.26 bits per heavy atom. The first-order valence-electron chi connectivity index (χ1n) is 12.9. The Labute approximate surface area is 236 Å². The second kappa shape index (κ2) is 13.1. The lowest BCUT2D eigenvalue weighted by Crippen LogP contribution is -2.51. The second-order valence-electron chi connectivity index (χ2n) is 9.67. The minimum absolute atomic E-state index is 0.0551. The van der Waals surface area contributed by atoms with Crippen LogP contribution in [0.1, 0.15) is 42.5 Å². The van der Waals surface area contributed by atoms with Crippen LogP contribution in [0, 0.1) is 20.8 Å². The number of anilines is 1. The second-order valence-corrected chi connectivity index (χ2v) is 12.0. The van der Waals surface area contributed by atoms with E-state index in [4.69, 9.17) is 11.6 Å². The molecule has 0 aliphatic heterocycles.